The van der Waals surface area contributed by atoms with Crippen molar-refractivity contribution in [3.8, 4) is 0 Å². The zero-order valence-corrected chi connectivity index (χ0v) is 12.3. The second kappa shape index (κ2) is 5.79. The van der Waals surface area contributed by atoms with Crippen molar-refractivity contribution in [3.63, 3.8) is 0 Å². The van der Waals surface area contributed by atoms with Crippen LogP contribution in [0.15, 0.2) is 39.7 Å². The minimum Gasteiger partial charge on any atom is -0.464 e. The van der Waals surface area contributed by atoms with Gasteiger partial charge in [-0.15, -0.1) is 0 Å². The Kier molecular flexibility index (Phi) is 3.85. The predicted molar refractivity (Wildman–Crippen MR) is 81.1 cm³/mol. The Balaban J connectivity index is 1.83. The van der Waals surface area contributed by atoms with Crippen LogP contribution in [-0.2, 0) is 4.84 Å². The molecule has 0 atom stereocenters. The summed E-state index contributed by atoms with van der Waals surface area (Å²) in [7, 11) is 1.61. The molecule has 2 aromatic rings. The number of benzene rings is 1. The van der Waals surface area contributed by atoms with Gasteiger partial charge in [0.1, 0.15) is 5.58 Å². The second-order valence-electron chi connectivity index (χ2n) is 4.62. The Bertz CT molecular complexity index is 724. The van der Waals surface area contributed by atoms with E-state index in [1.165, 1.54) is 29.2 Å². The van der Waals surface area contributed by atoms with E-state index in [0.717, 1.165) is 18.7 Å². The van der Waals surface area contributed by atoms with Crippen molar-refractivity contribution < 1.29 is 14.0 Å². The molecule has 1 aliphatic heterocycles. The summed E-state index contributed by atoms with van der Waals surface area (Å²) in [5.41, 5.74) is 0.924. The van der Waals surface area contributed by atoms with Crippen molar-refractivity contribution in [2.24, 2.45) is 0 Å². The molecule has 2 heterocycles. The summed E-state index contributed by atoms with van der Waals surface area (Å²) in [4.78, 5) is 30.5. The first kappa shape index (κ1) is 14.0. The molecule has 0 bridgehead atoms. The molecule has 0 N–H and O–H groups in total. The lowest BCUT2D eigenvalue weighted by molar-refractivity contribution is 0.000123. The first-order chi connectivity index (χ1) is 10.1. The van der Waals surface area contributed by atoms with Gasteiger partial charge in [0.05, 0.1) is 11.6 Å². The highest BCUT2D eigenvalue weighted by molar-refractivity contribution is 7.97. The number of anilines is 1. The maximum Gasteiger partial charge on any atom is 0.433 e. The highest BCUT2D eigenvalue weighted by Crippen LogP contribution is 2.23. The fraction of sp³-hybridized carbons (Fsp3) is 0.286. The number of carbonyl (C=O) groups is 1. The first-order valence-electron chi connectivity index (χ1n) is 6.53. The van der Waals surface area contributed by atoms with Gasteiger partial charge in [0.2, 0.25) is 0 Å². The van der Waals surface area contributed by atoms with E-state index in [1.807, 2.05) is 0 Å². The number of hydroxylamine groups is 1. The minimum atomic E-state index is -0.482. The lowest BCUT2D eigenvalue weighted by atomic mass is 10.2. The highest BCUT2D eigenvalue weighted by Gasteiger charge is 2.21. The minimum absolute atomic E-state index is 0.144. The van der Waals surface area contributed by atoms with Crippen molar-refractivity contribution in [1.82, 2.24) is 4.47 Å². The van der Waals surface area contributed by atoms with Gasteiger partial charge in [-0.05, 0) is 36.6 Å². The Morgan fingerprint density at radius 1 is 1.43 bits per heavy atom. The summed E-state index contributed by atoms with van der Waals surface area (Å²) in [5, 5.41) is 0.435. The molecule has 7 heteroatoms. The molecule has 110 valence electrons. The van der Waals surface area contributed by atoms with E-state index in [1.54, 1.807) is 29.7 Å². The number of carbonyl (C=O) groups excluding carboxylic acids is 1. The van der Waals surface area contributed by atoms with Gasteiger partial charge in [-0.1, -0.05) is 4.47 Å². The fourth-order valence-electron chi connectivity index (χ4n) is 2.03. The number of amides is 1. The zero-order chi connectivity index (χ0) is 14.8. The molecule has 0 aliphatic carbocycles. The van der Waals surface area contributed by atoms with Crippen LogP contribution in [0.25, 0.3) is 11.0 Å². The number of hydrogen-bond donors (Lipinski definition) is 0. The summed E-state index contributed by atoms with van der Waals surface area (Å²) in [6, 6.07) is 6.36. The molecule has 1 aromatic carbocycles. The highest BCUT2D eigenvalue weighted by atomic mass is 32.2. The normalized spacial score (nSPS) is 15.3. The number of nitrogens with zero attached hydrogens (tertiary/aromatic N) is 2. The summed E-state index contributed by atoms with van der Waals surface area (Å²) in [5.74, 6) is 0.952. The average molecular weight is 306 g/mol. The van der Waals surface area contributed by atoms with Crippen LogP contribution in [-0.4, -0.2) is 29.9 Å². The van der Waals surface area contributed by atoms with Crippen molar-refractivity contribution in [3.05, 3.63) is 40.8 Å². The van der Waals surface area contributed by atoms with Gasteiger partial charge in [0, 0.05) is 31.1 Å². The van der Waals surface area contributed by atoms with Gasteiger partial charge in [0.15, 0.2) is 5.43 Å². The van der Waals surface area contributed by atoms with Crippen LogP contribution < -0.4 is 10.3 Å². The maximum absolute atomic E-state index is 12.1. The second-order valence-corrected chi connectivity index (χ2v) is 5.70. The van der Waals surface area contributed by atoms with Crippen LogP contribution in [0.5, 0.6) is 0 Å². The Morgan fingerprint density at radius 2 is 2.29 bits per heavy atom. The lowest BCUT2D eigenvalue weighted by Crippen LogP contribution is -2.31. The summed E-state index contributed by atoms with van der Waals surface area (Å²) >= 11 is 1.49. The van der Waals surface area contributed by atoms with Crippen LogP contribution in [0.4, 0.5) is 10.5 Å². The van der Waals surface area contributed by atoms with Gasteiger partial charge < -0.3 is 9.25 Å². The molecule has 1 fully saturated rings. The fourth-order valence-corrected chi connectivity index (χ4v) is 2.87. The largest absolute Gasteiger partial charge is 0.464 e. The SMILES string of the molecule is CN(C(=O)ON1CCCS1)c1ccc2occc(=O)c2c1. The van der Waals surface area contributed by atoms with Crippen LogP contribution in [0.3, 0.4) is 0 Å². The number of fused-ring (bicyclic) bond motifs is 1. The standard InChI is InChI=1S/C14H14N2O4S/c1-15(14(18)20-16-6-2-8-21-16)10-3-4-13-11(9-10)12(17)5-7-19-13/h3-5,7,9H,2,6,8H2,1H3. The van der Waals surface area contributed by atoms with Gasteiger partial charge in [-0.2, -0.15) is 0 Å². The van der Waals surface area contributed by atoms with E-state index < -0.39 is 6.09 Å². The van der Waals surface area contributed by atoms with Gasteiger partial charge in [0.25, 0.3) is 0 Å². The molecule has 1 saturated heterocycles. The summed E-state index contributed by atoms with van der Waals surface area (Å²) in [6.45, 7) is 0.728. The topological polar surface area (TPSA) is 63.0 Å². The van der Waals surface area contributed by atoms with Gasteiger partial charge in [-0.3, -0.25) is 9.69 Å². The molecule has 0 spiro atoms. The molecule has 3 rings (SSSR count). The van der Waals surface area contributed by atoms with Crippen LogP contribution >= 0.6 is 11.9 Å². The molecule has 0 unspecified atom stereocenters. The quantitative estimate of drug-likeness (QED) is 0.795. The monoisotopic (exact) mass is 306 g/mol. The third-order valence-electron chi connectivity index (χ3n) is 3.20. The maximum atomic E-state index is 12.1. The molecule has 1 amide bonds. The number of hydrogen-bond acceptors (Lipinski definition) is 6. The van der Waals surface area contributed by atoms with Crippen LogP contribution in [0.2, 0.25) is 0 Å². The van der Waals surface area contributed by atoms with E-state index in [4.69, 9.17) is 9.25 Å². The zero-order valence-electron chi connectivity index (χ0n) is 11.4. The van der Waals surface area contributed by atoms with Gasteiger partial charge in [-0.25, -0.2) is 4.79 Å². The third-order valence-corrected chi connectivity index (χ3v) is 4.22. The number of rotatable bonds is 2. The van der Waals surface area contributed by atoms with E-state index >= 15 is 0 Å². The van der Waals surface area contributed by atoms with E-state index in [2.05, 4.69) is 0 Å². The predicted octanol–water partition coefficient (Wildman–Crippen LogP) is 2.63. The molecular formula is C14H14N2O4S. The molecule has 6 nitrogen and oxygen atoms in total. The van der Waals surface area contributed by atoms with Crippen LogP contribution in [0.1, 0.15) is 6.42 Å². The van der Waals surface area contributed by atoms with E-state index in [-0.39, 0.29) is 5.43 Å². The van der Waals surface area contributed by atoms with Crippen molar-refractivity contribution in [2.45, 2.75) is 6.42 Å². The molecule has 0 saturated carbocycles. The van der Waals surface area contributed by atoms with Gasteiger partial charge >= 0.3 is 6.09 Å². The van der Waals surface area contributed by atoms with E-state index in [9.17, 15) is 9.59 Å². The van der Waals surface area contributed by atoms with Crippen LogP contribution in [0, 0.1) is 0 Å². The first-order valence-corrected chi connectivity index (χ1v) is 7.47. The average Bonchev–Trinajstić information content (AvgIpc) is 2.99. The Labute approximate surface area is 125 Å². The Morgan fingerprint density at radius 3 is 3.05 bits per heavy atom. The molecule has 1 aromatic heterocycles. The summed E-state index contributed by atoms with van der Waals surface area (Å²) in [6.07, 6.45) is 1.87. The van der Waals surface area contributed by atoms with Crippen molar-refractivity contribution in [1.29, 1.82) is 0 Å². The molecule has 1 aliphatic rings. The summed E-state index contributed by atoms with van der Waals surface area (Å²) < 4.78 is 6.83. The Hall–Kier alpha value is -1.99. The smallest absolute Gasteiger partial charge is 0.433 e. The van der Waals surface area contributed by atoms with Crippen molar-refractivity contribution in [2.75, 3.05) is 24.2 Å². The third kappa shape index (κ3) is 2.88. The molecule has 0 radical (unpaired) electrons. The van der Waals surface area contributed by atoms with E-state index in [0.29, 0.717) is 16.7 Å². The lowest BCUT2D eigenvalue weighted by Gasteiger charge is -2.20. The van der Waals surface area contributed by atoms with Crippen molar-refractivity contribution >= 4 is 34.7 Å². The molecular weight excluding hydrogens is 292 g/mol. The molecule has 21 heavy (non-hydrogen) atoms.